The fraction of sp³-hybridized carbons (Fsp3) is 0.348. The van der Waals surface area contributed by atoms with Gasteiger partial charge in [-0.2, -0.15) is 0 Å². The van der Waals surface area contributed by atoms with Crippen LogP contribution in [0.3, 0.4) is 0 Å². The number of ether oxygens (including phenoxy) is 1. The molecular weight excluding hydrogens is 336 g/mol. The fourth-order valence-corrected chi connectivity index (χ4v) is 4.48. The van der Waals surface area contributed by atoms with Crippen LogP contribution in [-0.4, -0.2) is 17.5 Å². The highest BCUT2D eigenvalue weighted by Gasteiger charge is 2.25. The van der Waals surface area contributed by atoms with Crippen LogP contribution in [0.15, 0.2) is 42.5 Å². The lowest BCUT2D eigenvalue weighted by Crippen LogP contribution is -2.31. The predicted octanol–water partition coefficient (Wildman–Crippen LogP) is 4.23. The van der Waals surface area contributed by atoms with E-state index in [0.29, 0.717) is 6.42 Å². The molecule has 0 spiro atoms. The van der Waals surface area contributed by atoms with Gasteiger partial charge in [0.05, 0.1) is 12.6 Å². The number of aromatic amines is 1. The van der Waals surface area contributed by atoms with Gasteiger partial charge in [0.1, 0.15) is 5.75 Å². The maximum Gasteiger partial charge on any atom is 0.220 e. The molecule has 4 nitrogen and oxygen atoms in total. The van der Waals surface area contributed by atoms with Crippen molar-refractivity contribution in [1.82, 2.24) is 10.3 Å². The number of benzene rings is 2. The van der Waals surface area contributed by atoms with Crippen LogP contribution in [0.2, 0.25) is 0 Å². The molecule has 0 bridgehead atoms. The number of carbonyl (C=O) groups excluding carboxylic acids is 1. The summed E-state index contributed by atoms with van der Waals surface area (Å²) in [6, 6.07) is 14.8. The molecule has 2 aliphatic rings. The minimum atomic E-state index is 0.0991. The van der Waals surface area contributed by atoms with Gasteiger partial charge < -0.3 is 15.0 Å². The van der Waals surface area contributed by atoms with Crippen molar-refractivity contribution in [3.63, 3.8) is 0 Å². The Morgan fingerprint density at radius 3 is 3.07 bits per heavy atom. The molecule has 27 heavy (non-hydrogen) atoms. The third-order valence-electron chi connectivity index (χ3n) is 5.84. The minimum absolute atomic E-state index is 0.0991. The average Bonchev–Trinajstić information content (AvgIpc) is 3.31. The van der Waals surface area contributed by atoms with Gasteiger partial charge in [0, 0.05) is 29.4 Å². The summed E-state index contributed by atoms with van der Waals surface area (Å²) in [5.41, 5.74) is 6.22. The highest BCUT2D eigenvalue weighted by atomic mass is 16.5. The zero-order valence-electron chi connectivity index (χ0n) is 15.4. The number of carbonyl (C=O) groups is 1. The molecule has 1 aliphatic heterocycles. The van der Waals surface area contributed by atoms with Gasteiger partial charge in [-0.05, 0) is 54.5 Å². The molecule has 0 saturated heterocycles. The maximum absolute atomic E-state index is 12.6. The van der Waals surface area contributed by atoms with Crippen LogP contribution in [0.4, 0.5) is 0 Å². The molecular formula is C23H24N2O2. The van der Waals surface area contributed by atoms with E-state index in [1.165, 1.54) is 33.3 Å². The number of aromatic nitrogens is 1. The summed E-state index contributed by atoms with van der Waals surface area (Å²) < 4.78 is 5.55. The Balaban J connectivity index is 1.27. The Morgan fingerprint density at radius 1 is 1.19 bits per heavy atom. The molecule has 0 fully saturated rings. The van der Waals surface area contributed by atoms with Crippen molar-refractivity contribution in [2.45, 2.75) is 44.6 Å². The Morgan fingerprint density at radius 2 is 2.11 bits per heavy atom. The molecule has 2 heterocycles. The predicted molar refractivity (Wildman–Crippen MR) is 106 cm³/mol. The molecule has 138 valence electrons. The number of fused-ring (bicyclic) bond motifs is 4. The average molecular weight is 360 g/mol. The number of H-pyrrole nitrogens is 1. The highest BCUT2D eigenvalue weighted by molar-refractivity contribution is 5.85. The Bertz CT molecular complexity index is 1000. The molecule has 1 atom stereocenters. The summed E-state index contributed by atoms with van der Waals surface area (Å²) in [7, 11) is 0. The summed E-state index contributed by atoms with van der Waals surface area (Å²) in [5, 5.41) is 4.56. The molecule has 3 aromatic rings. The summed E-state index contributed by atoms with van der Waals surface area (Å²) in [6.07, 6.45) is 5.47. The minimum Gasteiger partial charge on any atom is -0.493 e. The van der Waals surface area contributed by atoms with E-state index in [2.05, 4.69) is 46.7 Å². The van der Waals surface area contributed by atoms with Gasteiger partial charge in [-0.3, -0.25) is 4.79 Å². The standard InChI is InChI=1S/C23H24N2O2/c26-22(11-9-15-8-10-21-16(14-15)12-13-27-21)24-20-7-3-5-18-17-4-1-2-6-19(17)25-23(18)20/h1-2,4,6,8,10,14,20,25H,3,5,7,9,11-13H2,(H,24,26)/t20-/m0/s1. The molecule has 5 rings (SSSR count). The quantitative estimate of drug-likeness (QED) is 0.732. The molecule has 1 amide bonds. The van der Waals surface area contributed by atoms with E-state index in [-0.39, 0.29) is 11.9 Å². The van der Waals surface area contributed by atoms with Crippen LogP contribution < -0.4 is 10.1 Å². The number of amides is 1. The third-order valence-corrected chi connectivity index (χ3v) is 5.84. The van der Waals surface area contributed by atoms with Crippen LogP contribution in [0.25, 0.3) is 10.9 Å². The summed E-state index contributed by atoms with van der Waals surface area (Å²) in [5.74, 6) is 1.13. The molecule has 2 N–H and O–H groups in total. The van der Waals surface area contributed by atoms with E-state index in [4.69, 9.17) is 4.74 Å². The highest BCUT2D eigenvalue weighted by Crippen LogP contribution is 2.34. The van der Waals surface area contributed by atoms with Crippen LogP contribution in [0, 0.1) is 0 Å². The number of aryl methyl sites for hydroxylation is 2. The topological polar surface area (TPSA) is 54.1 Å². The fourth-order valence-electron chi connectivity index (χ4n) is 4.48. The van der Waals surface area contributed by atoms with Gasteiger partial charge in [-0.15, -0.1) is 0 Å². The van der Waals surface area contributed by atoms with Crippen LogP contribution in [-0.2, 0) is 24.1 Å². The molecule has 1 aromatic heterocycles. The SMILES string of the molecule is O=C(CCc1ccc2c(c1)CCO2)N[C@H]1CCCc2c1[nH]c1ccccc21. The van der Waals surface area contributed by atoms with Gasteiger partial charge in [-0.25, -0.2) is 0 Å². The molecule has 0 unspecified atom stereocenters. The van der Waals surface area contributed by atoms with E-state index in [0.717, 1.165) is 44.5 Å². The first-order chi connectivity index (χ1) is 13.3. The largest absolute Gasteiger partial charge is 0.493 e. The summed E-state index contributed by atoms with van der Waals surface area (Å²) >= 11 is 0. The normalized spacial score (nSPS) is 18.0. The van der Waals surface area contributed by atoms with Crippen LogP contribution >= 0.6 is 0 Å². The second-order valence-electron chi connectivity index (χ2n) is 7.62. The van der Waals surface area contributed by atoms with Crippen LogP contribution in [0.1, 0.15) is 47.7 Å². The van der Waals surface area contributed by atoms with Crippen molar-refractivity contribution >= 4 is 16.8 Å². The summed E-state index contributed by atoms with van der Waals surface area (Å²) in [4.78, 5) is 16.1. The first kappa shape index (κ1) is 16.4. The Kier molecular flexibility index (Phi) is 4.12. The summed E-state index contributed by atoms with van der Waals surface area (Å²) in [6.45, 7) is 0.772. The van der Waals surface area contributed by atoms with Crippen molar-refractivity contribution < 1.29 is 9.53 Å². The van der Waals surface area contributed by atoms with E-state index < -0.39 is 0 Å². The number of nitrogens with one attached hydrogen (secondary N) is 2. The number of rotatable bonds is 4. The Labute approximate surface area is 158 Å². The van der Waals surface area contributed by atoms with Gasteiger partial charge >= 0.3 is 0 Å². The smallest absolute Gasteiger partial charge is 0.220 e. The molecule has 0 saturated carbocycles. The van der Waals surface area contributed by atoms with E-state index in [9.17, 15) is 4.79 Å². The van der Waals surface area contributed by atoms with Gasteiger partial charge in [-0.1, -0.05) is 30.3 Å². The van der Waals surface area contributed by atoms with Crippen molar-refractivity contribution in [3.05, 3.63) is 64.8 Å². The zero-order chi connectivity index (χ0) is 18.2. The van der Waals surface area contributed by atoms with Crippen molar-refractivity contribution in [2.75, 3.05) is 6.61 Å². The van der Waals surface area contributed by atoms with Crippen LogP contribution in [0.5, 0.6) is 5.75 Å². The molecule has 4 heteroatoms. The lowest BCUT2D eigenvalue weighted by Gasteiger charge is -2.24. The van der Waals surface area contributed by atoms with E-state index in [1.54, 1.807) is 0 Å². The zero-order valence-corrected chi connectivity index (χ0v) is 15.4. The third kappa shape index (κ3) is 3.09. The van der Waals surface area contributed by atoms with E-state index >= 15 is 0 Å². The van der Waals surface area contributed by atoms with Crippen molar-refractivity contribution in [1.29, 1.82) is 0 Å². The van der Waals surface area contributed by atoms with E-state index in [1.807, 2.05) is 6.07 Å². The Hall–Kier alpha value is -2.75. The molecule has 0 radical (unpaired) electrons. The first-order valence-corrected chi connectivity index (χ1v) is 9.91. The second kappa shape index (κ2) is 6.76. The monoisotopic (exact) mass is 360 g/mol. The van der Waals surface area contributed by atoms with Crippen molar-refractivity contribution in [2.24, 2.45) is 0 Å². The molecule has 2 aromatic carbocycles. The lowest BCUT2D eigenvalue weighted by molar-refractivity contribution is -0.121. The molecule has 1 aliphatic carbocycles. The number of hydrogen-bond acceptors (Lipinski definition) is 2. The number of para-hydroxylation sites is 1. The second-order valence-corrected chi connectivity index (χ2v) is 7.62. The van der Waals surface area contributed by atoms with Crippen molar-refractivity contribution in [3.8, 4) is 5.75 Å². The maximum atomic E-state index is 12.6. The van der Waals surface area contributed by atoms with Gasteiger partial charge in [0.15, 0.2) is 0 Å². The first-order valence-electron chi connectivity index (χ1n) is 9.91. The van der Waals surface area contributed by atoms with Gasteiger partial charge in [0.25, 0.3) is 0 Å². The lowest BCUT2D eigenvalue weighted by atomic mass is 9.91. The number of hydrogen-bond donors (Lipinski definition) is 2. The van der Waals surface area contributed by atoms with Gasteiger partial charge in [0.2, 0.25) is 5.91 Å².